The van der Waals surface area contributed by atoms with Crippen LogP contribution in [-0.4, -0.2) is 24.1 Å². The maximum Gasteiger partial charge on any atom is 0.167 e. The van der Waals surface area contributed by atoms with Crippen LogP contribution in [0.5, 0.6) is 0 Å². The molecule has 322 valence electrons. The van der Waals surface area contributed by atoms with Gasteiger partial charge in [-0.3, -0.25) is 0 Å². The zero-order chi connectivity index (χ0) is 45.4. The van der Waals surface area contributed by atoms with E-state index in [-0.39, 0.29) is 0 Å². The summed E-state index contributed by atoms with van der Waals surface area (Å²) in [7, 11) is 0. The van der Waals surface area contributed by atoms with Gasteiger partial charge in [0.25, 0.3) is 0 Å². The Morgan fingerprint density at radius 2 is 0.783 bits per heavy atom. The summed E-state index contributed by atoms with van der Waals surface area (Å²) < 4.78 is 11.8. The lowest BCUT2D eigenvalue weighted by Gasteiger charge is -2.13. The predicted molar refractivity (Wildman–Crippen MR) is 283 cm³/mol. The van der Waals surface area contributed by atoms with Gasteiger partial charge in [0.15, 0.2) is 17.5 Å². The minimum atomic E-state index is 0.534. The van der Waals surface area contributed by atoms with Crippen molar-refractivity contribution >= 4 is 65.6 Å². The molecule has 10 aromatic carbocycles. The van der Waals surface area contributed by atoms with Crippen LogP contribution in [0.15, 0.2) is 241 Å². The average Bonchev–Trinajstić information content (AvgIpc) is 4.09. The zero-order valence-electron chi connectivity index (χ0n) is 37.2. The summed E-state index contributed by atoms with van der Waals surface area (Å²) >= 11 is 0. The van der Waals surface area contributed by atoms with E-state index in [1.165, 1.54) is 27.1 Å². The molecule has 0 aliphatic rings. The lowest BCUT2D eigenvalue weighted by Crippen LogP contribution is -2.01. The smallest absolute Gasteiger partial charge is 0.167 e. The quantitative estimate of drug-likeness (QED) is 0.160. The van der Waals surface area contributed by atoms with Crippen LogP contribution >= 0.6 is 0 Å². The van der Waals surface area contributed by atoms with Gasteiger partial charge in [0.2, 0.25) is 0 Å². The third-order valence-corrected chi connectivity index (χ3v) is 13.6. The van der Waals surface area contributed by atoms with E-state index in [4.69, 9.17) is 19.4 Å². The van der Waals surface area contributed by atoms with Gasteiger partial charge in [-0.25, -0.2) is 15.0 Å². The molecule has 0 bridgehead atoms. The minimum absolute atomic E-state index is 0.534. The second-order valence-corrected chi connectivity index (χ2v) is 17.5. The van der Waals surface area contributed by atoms with Gasteiger partial charge < -0.3 is 13.6 Å². The zero-order valence-corrected chi connectivity index (χ0v) is 37.2. The molecule has 0 unspecified atom stereocenters. The summed E-state index contributed by atoms with van der Waals surface area (Å²) in [6.45, 7) is 0. The Labute approximate surface area is 396 Å². The van der Waals surface area contributed by atoms with E-state index < -0.39 is 0 Å². The summed E-state index contributed by atoms with van der Waals surface area (Å²) in [6, 6.07) is 83.3. The lowest BCUT2D eigenvalue weighted by molar-refractivity contribution is 0.669. The number of aromatic nitrogens is 5. The first-order valence-corrected chi connectivity index (χ1v) is 23.3. The fourth-order valence-electron chi connectivity index (χ4n) is 10.5. The summed E-state index contributed by atoms with van der Waals surface area (Å²) in [5.74, 6) is 1.71. The molecule has 0 saturated carbocycles. The summed E-state index contributed by atoms with van der Waals surface area (Å²) in [4.78, 5) is 15.6. The van der Waals surface area contributed by atoms with E-state index in [9.17, 15) is 0 Å². The van der Waals surface area contributed by atoms with Crippen LogP contribution in [0.1, 0.15) is 0 Å². The van der Waals surface area contributed by atoms with E-state index in [1.807, 2.05) is 48.5 Å². The Hall–Kier alpha value is -9.39. The van der Waals surface area contributed by atoms with Gasteiger partial charge >= 0.3 is 0 Å². The molecule has 14 rings (SSSR count). The first kappa shape index (κ1) is 38.8. The SMILES string of the molecule is c1ccc(-c2ccc(-c3nc(-c4ccccc4)nc(-c4ccc(-n5c6ccc(-c7ccccc7)cc6c6c7c8ccccc8n(-c8ccccc8)c7ccc65)c5c4oc4ccccc45)n3)cc2)cc1. The molecule has 0 spiro atoms. The standard InChI is InChI=1S/C63H39N5O/c1-5-17-40(18-6-1)42-29-31-44(32-30-42)62-64-61(43-21-9-3-10-22-43)65-63(66-62)49-34-36-55(59-48-26-14-16-28-56(48)69-60(49)59)68-52-35-33-45(41-19-7-2-8-20-41)39-50(52)58-54(68)38-37-53-57(58)47-25-13-15-27-51(47)67(53)46-23-11-4-12-24-46/h1-39H. The largest absolute Gasteiger partial charge is 0.455 e. The van der Waals surface area contributed by atoms with Gasteiger partial charge in [0.1, 0.15) is 11.2 Å². The molecule has 4 heterocycles. The maximum atomic E-state index is 7.00. The van der Waals surface area contributed by atoms with Crippen LogP contribution < -0.4 is 0 Å². The van der Waals surface area contributed by atoms with Gasteiger partial charge in [-0.05, 0) is 82.9 Å². The highest BCUT2D eigenvalue weighted by Crippen LogP contribution is 2.46. The van der Waals surface area contributed by atoms with Crippen molar-refractivity contribution in [1.82, 2.24) is 24.1 Å². The third-order valence-electron chi connectivity index (χ3n) is 13.6. The molecule has 69 heavy (non-hydrogen) atoms. The number of rotatable bonds is 7. The number of nitrogens with zero attached hydrogens (tertiary/aromatic N) is 5. The Balaban J connectivity index is 1.04. The number of furan rings is 1. The van der Waals surface area contributed by atoms with Gasteiger partial charge in [0, 0.05) is 43.7 Å². The topological polar surface area (TPSA) is 61.7 Å². The Morgan fingerprint density at radius 1 is 0.304 bits per heavy atom. The van der Waals surface area contributed by atoms with Crippen LogP contribution in [0.4, 0.5) is 0 Å². The number of benzene rings is 10. The van der Waals surface area contributed by atoms with Crippen LogP contribution in [0, 0.1) is 0 Å². The molecule has 4 aromatic heterocycles. The van der Waals surface area contributed by atoms with E-state index in [0.29, 0.717) is 23.1 Å². The first-order valence-electron chi connectivity index (χ1n) is 23.3. The van der Waals surface area contributed by atoms with Crippen molar-refractivity contribution in [2.45, 2.75) is 0 Å². The maximum absolute atomic E-state index is 7.00. The molecule has 14 aromatic rings. The van der Waals surface area contributed by atoms with E-state index in [1.54, 1.807) is 0 Å². The molecule has 0 atom stereocenters. The predicted octanol–water partition coefficient (Wildman–Crippen LogP) is 16.3. The second kappa shape index (κ2) is 15.6. The molecule has 0 amide bonds. The summed E-state index contributed by atoms with van der Waals surface area (Å²) in [5.41, 5.74) is 15.3. The minimum Gasteiger partial charge on any atom is -0.455 e. The number of hydrogen-bond acceptors (Lipinski definition) is 4. The Bertz CT molecular complexity index is 4270. The van der Waals surface area contributed by atoms with Crippen LogP contribution in [0.3, 0.4) is 0 Å². The van der Waals surface area contributed by atoms with E-state index in [2.05, 4.69) is 197 Å². The molecule has 0 fully saturated rings. The summed E-state index contributed by atoms with van der Waals surface area (Å²) in [6.07, 6.45) is 0. The fourth-order valence-corrected chi connectivity index (χ4v) is 10.5. The number of hydrogen-bond donors (Lipinski definition) is 0. The average molecular weight is 882 g/mol. The Kier molecular flexibility index (Phi) is 8.79. The van der Waals surface area contributed by atoms with Crippen molar-refractivity contribution in [3.63, 3.8) is 0 Å². The highest BCUT2D eigenvalue weighted by atomic mass is 16.3. The molecular formula is C63H39N5O. The van der Waals surface area contributed by atoms with Crippen molar-refractivity contribution in [3.05, 3.63) is 237 Å². The van der Waals surface area contributed by atoms with Gasteiger partial charge in [-0.1, -0.05) is 176 Å². The monoisotopic (exact) mass is 881 g/mol. The van der Waals surface area contributed by atoms with Gasteiger partial charge in [0.05, 0.1) is 38.7 Å². The van der Waals surface area contributed by atoms with Crippen molar-refractivity contribution in [2.24, 2.45) is 0 Å². The molecule has 0 N–H and O–H groups in total. The first-order chi connectivity index (χ1) is 34.2. The lowest BCUT2D eigenvalue weighted by atomic mass is 10.0. The normalized spacial score (nSPS) is 11.8. The molecule has 0 radical (unpaired) electrons. The molecule has 0 saturated heterocycles. The van der Waals surface area contributed by atoms with Crippen LogP contribution in [-0.2, 0) is 0 Å². The molecular weight excluding hydrogens is 843 g/mol. The highest BCUT2D eigenvalue weighted by Gasteiger charge is 2.25. The van der Waals surface area contributed by atoms with Gasteiger partial charge in [-0.2, -0.15) is 0 Å². The molecule has 0 aliphatic heterocycles. The third kappa shape index (κ3) is 6.23. The highest BCUT2D eigenvalue weighted by molar-refractivity contribution is 6.30. The molecule has 6 nitrogen and oxygen atoms in total. The molecule has 6 heteroatoms. The fraction of sp³-hybridized carbons (Fsp3) is 0. The van der Waals surface area contributed by atoms with Crippen molar-refractivity contribution in [3.8, 4) is 67.8 Å². The number of para-hydroxylation sites is 3. The van der Waals surface area contributed by atoms with E-state index >= 15 is 0 Å². The van der Waals surface area contributed by atoms with E-state index in [0.717, 1.165) is 83.2 Å². The van der Waals surface area contributed by atoms with Gasteiger partial charge in [-0.15, -0.1) is 0 Å². The number of fused-ring (bicyclic) bond motifs is 10. The van der Waals surface area contributed by atoms with Crippen LogP contribution in [0.2, 0.25) is 0 Å². The summed E-state index contributed by atoms with van der Waals surface area (Å²) in [5, 5.41) is 6.78. The van der Waals surface area contributed by atoms with Crippen LogP contribution in [0.25, 0.3) is 133 Å². The van der Waals surface area contributed by atoms with Crippen molar-refractivity contribution in [2.75, 3.05) is 0 Å². The Morgan fingerprint density at radius 3 is 1.49 bits per heavy atom. The van der Waals surface area contributed by atoms with Crippen molar-refractivity contribution in [1.29, 1.82) is 0 Å². The molecule has 0 aliphatic carbocycles. The van der Waals surface area contributed by atoms with Crippen molar-refractivity contribution < 1.29 is 4.42 Å². The second-order valence-electron chi connectivity index (χ2n) is 17.5.